The van der Waals surface area contributed by atoms with Gasteiger partial charge in [0.2, 0.25) is 5.91 Å². The molecule has 0 unspecified atom stereocenters. The first-order valence-corrected chi connectivity index (χ1v) is 9.08. The molecule has 142 valence electrons. The smallest absolute Gasteiger partial charge is 0.257 e. The fourth-order valence-electron chi connectivity index (χ4n) is 3.00. The van der Waals surface area contributed by atoms with E-state index in [9.17, 15) is 9.59 Å². The molecule has 1 aliphatic rings. The number of hydrogen-bond donors (Lipinski definition) is 1. The van der Waals surface area contributed by atoms with E-state index in [-0.39, 0.29) is 18.4 Å². The quantitative estimate of drug-likeness (QED) is 0.778. The fraction of sp³-hybridized carbons (Fsp3) is 0.333. The first-order valence-electron chi connectivity index (χ1n) is 9.08. The summed E-state index contributed by atoms with van der Waals surface area (Å²) in [6, 6.07) is 15.1. The Labute approximate surface area is 159 Å². The number of nitrogens with zero attached hydrogens (tertiary/aromatic N) is 1. The zero-order valence-corrected chi connectivity index (χ0v) is 15.4. The predicted molar refractivity (Wildman–Crippen MR) is 103 cm³/mol. The fourth-order valence-corrected chi connectivity index (χ4v) is 3.00. The normalized spacial score (nSPS) is 13.5. The highest BCUT2D eigenvalue weighted by Gasteiger charge is 2.21. The van der Waals surface area contributed by atoms with Crippen molar-refractivity contribution >= 4 is 17.5 Å². The van der Waals surface area contributed by atoms with Gasteiger partial charge in [0.15, 0.2) is 6.61 Å². The molecule has 1 N–H and O–H groups in total. The number of hydrogen-bond acceptors (Lipinski definition) is 4. The van der Waals surface area contributed by atoms with Crippen LogP contribution in [0.4, 0.5) is 5.69 Å². The molecule has 3 rings (SSSR count). The summed E-state index contributed by atoms with van der Waals surface area (Å²) < 4.78 is 10.7. The van der Waals surface area contributed by atoms with Crippen LogP contribution < -0.4 is 19.7 Å². The molecule has 0 atom stereocenters. The van der Waals surface area contributed by atoms with E-state index in [0.717, 1.165) is 36.4 Å². The van der Waals surface area contributed by atoms with Crippen LogP contribution in [-0.4, -0.2) is 38.6 Å². The number of carbonyl (C=O) groups is 2. The molecule has 6 nitrogen and oxygen atoms in total. The molecule has 1 heterocycles. The Bertz CT molecular complexity index is 789. The minimum Gasteiger partial charge on any atom is -0.497 e. The van der Waals surface area contributed by atoms with E-state index in [2.05, 4.69) is 5.32 Å². The average Bonchev–Trinajstić information content (AvgIpc) is 3.13. The molecular weight excluding hydrogens is 344 g/mol. The van der Waals surface area contributed by atoms with E-state index < -0.39 is 0 Å². The molecule has 0 saturated carbocycles. The third kappa shape index (κ3) is 5.23. The summed E-state index contributed by atoms with van der Waals surface area (Å²) in [5, 5.41) is 2.85. The first-order chi connectivity index (χ1) is 13.2. The third-order valence-corrected chi connectivity index (χ3v) is 4.47. The van der Waals surface area contributed by atoms with Crippen LogP contribution in [0, 0.1) is 0 Å². The van der Waals surface area contributed by atoms with Crippen LogP contribution in [0.5, 0.6) is 11.5 Å². The number of carbonyl (C=O) groups excluding carboxylic acids is 2. The van der Waals surface area contributed by atoms with Crippen LogP contribution in [0.1, 0.15) is 18.4 Å². The second kappa shape index (κ2) is 9.07. The molecule has 0 aromatic heterocycles. The summed E-state index contributed by atoms with van der Waals surface area (Å²) in [6.45, 7) is 1.21. The van der Waals surface area contributed by atoms with Crippen molar-refractivity contribution in [2.24, 2.45) is 0 Å². The van der Waals surface area contributed by atoms with Gasteiger partial charge in [0.05, 0.1) is 7.11 Å². The van der Waals surface area contributed by atoms with E-state index in [0.29, 0.717) is 18.7 Å². The van der Waals surface area contributed by atoms with E-state index in [1.807, 2.05) is 36.4 Å². The molecule has 0 bridgehead atoms. The zero-order chi connectivity index (χ0) is 19.1. The molecule has 0 spiro atoms. The molecule has 2 aromatic rings. The standard InChI is InChI=1S/C21H24N2O4/c1-26-18-9-7-16(8-10-18)11-12-22-20(24)15-27-19-5-2-4-17(14-19)23-13-3-6-21(23)25/h2,4-5,7-10,14H,3,6,11-13,15H2,1H3,(H,22,24). The summed E-state index contributed by atoms with van der Waals surface area (Å²) in [5.41, 5.74) is 1.94. The van der Waals surface area contributed by atoms with Crippen molar-refractivity contribution in [3.8, 4) is 11.5 Å². The van der Waals surface area contributed by atoms with Crippen LogP contribution in [-0.2, 0) is 16.0 Å². The van der Waals surface area contributed by atoms with E-state index in [1.54, 1.807) is 24.1 Å². The molecular formula is C21H24N2O4. The molecule has 2 aromatic carbocycles. The van der Waals surface area contributed by atoms with E-state index >= 15 is 0 Å². The van der Waals surface area contributed by atoms with Gasteiger partial charge in [-0.1, -0.05) is 18.2 Å². The molecule has 6 heteroatoms. The lowest BCUT2D eigenvalue weighted by Crippen LogP contribution is -2.30. The lowest BCUT2D eigenvalue weighted by Gasteiger charge is -2.16. The summed E-state index contributed by atoms with van der Waals surface area (Å²) in [6.07, 6.45) is 2.20. The minimum absolute atomic E-state index is 0.0555. The Morgan fingerprint density at radius 1 is 1.15 bits per heavy atom. The highest BCUT2D eigenvalue weighted by atomic mass is 16.5. The van der Waals surface area contributed by atoms with Crippen LogP contribution in [0.3, 0.4) is 0 Å². The maximum atomic E-state index is 12.0. The van der Waals surface area contributed by atoms with Crippen molar-refractivity contribution in [3.63, 3.8) is 0 Å². The van der Waals surface area contributed by atoms with Gasteiger partial charge < -0.3 is 19.7 Å². The Kier molecular flexibility index (Phi) is 6.30. The Morgan fingerprint density at radius 3 is 2.67 bits per heavy atom. The first kappa shape index (κ1) is 18.8. The van der Waals surface area contributed by atoms with Crippen molar-refractivity contribution in [1.82, 2.24) is 5.32 Å². The summed E-state index contributed by atoms with van der Waals surface area (Å²) >= 11 is 0. The molecule has 1 aliphatic heterocycles. The average molecular weight is 368 g/mol. The SMILES string of the molecule is COc1ccc(CCNC(=O)COc2cccc(N3CCCC3=O)c2)cc1. The number of methoxy groups -OCH3 is 1. The van der Waals surface area contributed by atoms with Gasteiger partial charge in [0, 0.05) is 31.3 Å². The van der Waals surface area contributed by atoms with Crippen molar-refractivity contribution in [1.29, 1.82) is 0 Å². The van der Waals surface area contributed by atoms with Gasteiger partial charge in [0.25, 0.3) is 5.91 Å². The highest BCUT2D eigenvalue weighted by Crippen LogP contribution is 2.25. The van der Waals surface area contributed by atoms with Gasteiger partial charge >= 0.3 is 0 Å². The Balaban J connectivity index is 1.43. The van der Waals surface area contributed by atoms with Gasteiger partial charge in [-0.05, 0) is 42.7 Å². The highest BCUT2D eigenvalue weighted by molar-refractivity contribution is 5.95. The molecule has 0 radical (unpaired) electrons. The molecule has 1 fully saturated rings. The van der Waals surface area contributed by atoms with Crippen molar-refractivity contribution < 1.29 is 19.1 Å². The zero-order valence-electron chi connectivity index (χ0n) is 15.4. The van der Waals surface area contributed by atoms with Crippen molar-refractivity contribution in [2.45, 2.75) is 19.3 Å². The van der Waals surface area contributed by atoms with E-state index in [1.165, 1.54) is 0 Å². The number of nitrogens with one attached hydrogen (secondary N) is 1. The van der Waals surface area contributed by atoms with Crippen LogP contribution in [0.25, 0.3) is 0 Å². The third-order valence-electron chi connectivity index (χ3n) is 4.47. The maximum absolute atomic E-state index is 12.0. The molecule has 1 saturated heterocycles. The van der Waals surface area contributed by atoms with Gasteiger partial charge in [0.1, 0.15) is 11.5 Å². The second-order valence-electron chi connectivity index (χ2n) is 6.38. The number of anilines is 1. The van der Waals surface area contributed by atoms with Crippen molar-refractivity contribution in [3.05, 3.63) is 54.1 Å². The maximum Gasteiger partial charge on any atom is 0.257 e. The Morgan fingerprint density at radius 2 is 1.96 bits per heavy atom. The van der Waals surface area contributed by atoms with Gasteiger partial charge in [-0.25, -0.2) is 0 Å². The van der Waals surface area contributed by atoms with E-state index in [4.69, 9.17) is 9.47 Å². The number of rotatable bonds is 8. The second-order valence-corrected chi connectivity index (χ2v) is 6.38. The van der Waals surface area contributed by atoms with Gasteiger partial charge in [-0.2, -0.15) is 0 Å². The number of amides is 2. The Hall–Kier alpha value is -3.02. The van der Waals surface area contributed by atoms with Gasteiger partial charge in [-0.15, -0.1) is 0 Å². The summed E-state index contributed by atoms with van der Waals surface area (Å²) in [7, 11) is 1.63. The van der Waals surface area contributed by atoms with Crippen LogP contribution in [0.15, 0.2) is 48.5 Å². The van der Waals surface area contributed by atoms with Crippen LogP contribution >= 0.6 is 0 Å². The largest absolute Gasteiger partial charge is 0.497 e. The number of benzene rings is 2. The summed E-state index contributed by atoms with van der Waals surface area (Å²) in [5.74, 6) is 1.35. The van der Waals surface area contributed by atoms with Gasteiger partial charge in [-0.3, -0.25) is 9.59 Å². The number of ether oxygens (including phenoxy) is 2. The molecule has 0 aliphatic carbocycles. The monoisotopic (exact) mass is 368 g/mol. The van der Waals surface area contributed by atoms with Crippen molar-refractivity contribution in [2.75, 3.05) is 31.7 Å². The molecule has 27 heavy (non-hydrogen) atoms. The topological polar surface area (TPSA) is 67.9 Å². The minimum atomic E-state index is -0.175. The molecule has 2 amide bonds. The summed E-state index contributed by atoms with van der Waals surface area (Å²) in [4.78, 5) is 25.6. The van der Waals surface area contributed by atoms with Crippen LogP contribution in [0.2, 0.25) is 0 Å². The predicted octanol–water partition coefficient (Wildman–Crippen LogP) is 2.56. The lowest BCUT2D eigenvalue weighted by atomic mass is 10.1. The lowest BCUT2D eigenvalue weighted by molar-refractivity contribution is -0.123.